The van der Waals surface area contributed by atoms with Gasteiger partial charge in [0.2, 0.25) is 5.88 Å². The van der Waals surface area contributed by atoms with Gasteiger partial charge in [0.25, 0.3) is 17.0 Å². The highest BCUT2D eigenvalue weighted by molar-refractivity contribution is 8.27. The number of hydrogen-bond acceptors (Lipinski definition) is 7. The van der Waals surface area contributed by atoms with Crippen molar-refractivity contribution in [2.24, 2.45) is 7.05 Å². The number of carbonyl (C=O) groups excluding carboxylic acids is 1. The molecule has 41 heavy (non-hydrogen) atoms. The average Bonchev–Trinajstić information content (AvgIpc) is 3.36. The van der Waals surface area contributed by atoms with E-state index in [1.54, 1.807) is 43.0 Å². The molecule has 11 heteroatoms. The maximum absolute atomic E-state index is 13.8. The number of pyridine rings is 1. The lowest BCUT2D eigenvalue weighted by Gasteiger charge is -2.13. The molecule has 0 radical (unpaired) electrons. The average molecular weight is 582 g/mol. The van der Waals surface area contributed by atoms with Crippen LogP contribution < -0.4 is 20.8 Å². The first-order valence-electron chi connectivity index (χ1n) is 12.6. The van der Waals surface area contributed by atoms with E-state index in [0.29, 0.717) is 22.8 Å². The van der Waals surface area contributed by atoms with Crippen LogP contribution in [0.25, 0.3) is 17.4 Å². The molecule has 2 aromatic carbocycles. The number of para-hydroxylation sites is 2. The summed E-state index contributed by atoms with van der Waals surface area (Å²) in [5.74, 6) is 0.0365. The van der Waals surface area contributed by atoms with Crippen molar-refractivity contribution in [3.8, 4) is 17.3 Å². The van der Waals surface area contributed by atoms with Gasteiger partial charge in [0.15, 0.2) is 4.32 Å². The molecule has 1 amide bonds. The Kier molecular flexibility index (Phi) is 6.68. The van der Waals surface area contributed by atoms with Crippen molar-refractivity contribution in [1.82, 2.24) is 18.7 Å². The Bertz CT molecular complexity index is 2010. The second-order valence-corrected chi connectivity index (χ2v) is 11.0. The van der Waals surface area contributed by atoms with E-state index < -0.39 is 11.5 Å². The lowest BCUT2D eigenvalue weighted by Crippen LogP contribution is -2.33. The molecule has 1 fully saturated rings. The summed E-state index contributed by atoms with van der Waals surface area (Å²) in [6, 6.07) is 21.7. The Morgan fingerprint density at radius 1 is 0.902 bits per heavy atom. The second-order valence-electron chi connectivity index (χ2n) is 9.36. The zero-order chi connectivity index (χ0) is 28.8. The van der Waals surface area contributed by atoms with E-state index in [-0.39, 0.29) is 31.9 Å². The quantitative estimate of drug-likeness (QED) is 0.213. The predicted octanol–water partition coefficient (Wildman–Crippen LogP) is 5.00. The predicted molar refractivity (Wildman–Crippen MR) is 164 cm³/mol. The van der Waals surface area contributed by atoms with E-state index >= 15 is 0 Å². The van der Waals surface area contributed by atoms with Crippen molar-refractivity contribution in [3.63, 3.8) is 0 Å². The fourth-order valence-electron chi connectivity index (χ4n) is 4.70. The first kappa shape index (κ1) is 26.5. The van der Waals surface area contributed by atoms with Crippen LogP contribution >= 0.6 is 24.0 Å². The van der Waals surface area contributed by atoms with E-state index in [0.717, 1.165) is 17.3 Å². The number of aromatic nitrogens is 4. The summed E-state index contributed by atoms with van der Waals surface area (Å²) >= 11 is 6.60. The van der Waals surface area contributed by atoms with Crippen LogP contribution in [-0.2, 0) is 11.8 Å². The molecule has 0 saturated carbocycles. The number of carbonyl (C=O) groups is 1. The van der Waals surface area contributed by atoms with Crippen LogP contribution in [0.2, 0.25) is 0 Å². The van der Waals surface area contributed by atoms with Gasteiger partial charge < -0.3 is 4.74 Å². The molecule has 6 rings (SSSR count). The first-order chi connectivity index (χ1) is 19.8. The smallest absolute Gasteiger partial charge is 0.296 e. The number of amides is 1. The number of rotatable bonds is 5. The van der Waals surface area contributed by atoms with Crippen LogP contribution in [0.5, 0.6) is 11.6 Å². The Balaban J connectivity index is 1.48. The van der Waals surface area contributed by atoms with Gasteiger partial charge in [-0.25, -0.2) is 4.68 Å². The molecule has 1 aliphatic heterocycles. The zero-order valence-corrected chi connectivity index (χ0v) is 23.9. The minimum absolute atomic E-state index is 0.0584. The van der Waals surface area contributed by atoms with Gasteiger partial charge >= 0.3 is 0 Å². The molecule has 0 spiro atoms. The molecule has 5 aromatic rings. The molecule has 4 heterocycles. The fraction of sp³-hybridized carbons (Fsp3) is 0.100. The Hall–Kier alpha value is -4.74. The first-order valence-corrected chi connectivity index (χ1v) is 13.9. The van der Waals surface area contributed by atoms with E-state index in [2.05, 4.69) is 4.98 Å². The molecule has 1 aliphatic rings. The number of thioether (sulfide) groups is 1. The third-order valence-electron chi connectivity index (χ3n) is 6.82. The lowest BCUT2D eigenvalue weighted by atomic mass is 10.2. The van der Waals surface area contributed by atoms with Gasteiger partial charge in [-0.2, -0.15) is 4.98 Å². The van der Waals surface area contributed by atoms with Gasteiger partial charge in [-0.3, -0.25) is 28.4 Å². The topological polar surface area (TPSA) is 90.8 Å². The fourth-order valence-corrected chi connectivity index (χ4v) is 5.95. The molecular weight excluding hydrogens is 558 g/mol. The summed E-state index contributed by atoms with van der Waals surface area (Å²) in [4.78, 5) is 47.2. The minimum Gasteiger partial charge on any atom is -0.438 e. The number of fused-ring (bicyclic) bond motifs is 1. The van der Waals surface area contributed by atoms with Gasteiger partial charge in [0.05, 0.1) is 16.3 Å². The highest BCUT2D eigenvalue weighted by atomic mass is 32.2. The third kappa shape index (κ3) is 4.48. The van der Waals surface area contributed by atoms with Gasteiger partial charge in [0.1, 0.15) is 22.6 Å². The maximum atomic E-state index is 13.8. The summed E-state index contributed by atoms with van der Waals surface area (Å²) in [5.41, 5.74) is 1.90. The van der Waals surface area contributed by atoms with Crippen LogP contribution in [-0.4, -0.2) is 29.0 Å². The van der Waals surface area contributed by atoms with Crippen molar-refractivity contribution in [1.29, 1.82) is 0 Å². The molecule has 204 valence electrons. The van der Waals surface area contributed by atoms with Crippen LogP contribution in [0.3, 0.4) is 0 Å². The summed E-state index contributed by atoms with van der Waals surface area (Å²) in [6.45, 7) is 3.61. The summed E-state index contributed by atoms with van der Waals surface area (Å²) in [5, 5.41) is 0. The molecule has 0 N–H and O–H groups in total. The molecule has 0 unspecified atom stereocenters. The van der Waals surface area contributed by atoms with Crippen LogP contribution in [0.15, 0.2) is 93.5 Å². The molecule has 0 atom stereocenters. The number of thiocarbonyl (C=S) groups is 1. The van der Waals surface area contributed by atoms with Crippen molar-refractivity contribution >= 4 is 51.6 Å². The third-order valence-corrected chi connectivity index (χ3v) is 8.13. The Morgan fingerprint density at radius 3 is 2.29 bits per heavy atom. The zero-order valence-electron chi connectivity index (χ0n) is 22.3. The highest BCUT2D eigenvalue weighted by Crippen LogP contribution is 2.37. The van der Waals surface area contributed by atoms with Gasteiger partial charge in [-0.15, -0.1) is 0 Å². The second kappa shape index (κ2) is 10.3. The van der Waals surface area contributed by atoms with Crippen molar-refractivity contribution in [2.45, 2.75) is 13.8 Å². The largest absolute Gasteiger partial charge is 0.438 e. The van der Waals surface area contributed by atoms with Crippen LogP contribution in [0.4, 0.5) is 5.69 Å². The van der Waals surface area contributed by atoms with E-state index in [4.69, 9.17) is 17.0 Å². The van der Waals surface area contributed by atoms with Gasteiger partial charge in [-0.05, 0) is 55.8 Å². The normalized spacial score (nSPS) is 14.4. The monoisotopic (exact) mass is 581 g/mol. The highest BCUT2D eigenvalue weighted by Gasteiger charge is 2.38. The number of hydrogen-bond donors (Lipinski definition) is 0. The molecular formula is C30H23N5O4S2. The molecule has 3 aromatic heterocycles. The minimum atomic E-state index is -0.509. The number of anilines is 1. The number of ether oxygens (including phenoxy) is 1. The number of aryl methyl sites for hydroxylation is 1. The van der Waals surface area contributed by atoms with Gasteiger partial charge in [-0.1, -0.05) is 66.4 Å². The van der Waals surface area contributed by atoms with Gasteiger partial charge in [0, 0.05) is 13.2 Å². The number of nitrogens with zero attached hydrogens (tertiary/aromatic N) is 5. The molecule has 9 nitrogen and oxygen atoms in total. The van der Waals surface area contributed by atoms with E-state index in [9.17, 15) is 14.4 Å². The van der Waals surface area contributed by atoms with Crippen molar-refractivity contribution < 1.29 is 9.53 Å². The van der Waals surface area contributed by atoms with E-state index in [1.807, 2.05) is 61.5 Å². The van der Waals surface area contributed by atoms with Crippen molar-refractivity contribution in [3.05, 3.63) is 121 Å². The SMILES string of the molecule is Cc1cccn2c(=O)c(C=C3SC(=S)N(c4c(C)n(C)n(-c5ccccc5)c4=O)C3=O)c(Oc3ccccc3)nc12. The summed E-state index contributed by atoms with van der Waals surface area (Å²) in [6.07, 6.45) is 3.06. The number of benzene rings is 2. The van der Waals surface area contributed by atoms with Crippen LogP contribution in [0, 0.1) is 13.8 Å². The molecule has 1 saturated heterocycles. The van der Waals surface area contributed by atoms with Crippen molar-refractivity contribution in [2.75, 3.05) is 4.90 Å². The Labute approximate surface area is 243 Å². The van der Waals surface area contributed by atoms with Crippen LogP contribution in [0.1, 0.15) is 16.8 Å². The molecule has 0 aliphatic carbocycles. The summed E-state index contributed by atoms with van der Waals surface area (Å²) in [7, 11) is 1.75. The lowest BCUT2D eigenvalue weighted by molar-refractivity contribution is -0.113. The summed E-state index contributed by atoms with van der Waals surface area (Å²) < 4.78 is 10.8. The molecule has 0 bridgehead atoms. The Morgan fingerprint density at radius 2 is 1.59 bits per heavy atom. The maximum Gasteiger partial charge on any atom is 0.296 e. The van der Waals surface area contributed by atoms with E-state index in [1.165, 1.54) is 20.1 Å². The standard InChI is InChI=1S/C30H23N5O4S2/c1-18-11-10-16-33-25(18)31-26(39-21-14-8-5-9-15-21)22(27(33)36)17-23-28(37)34(30(40)41-23)24-19(2)32(3)35(29(24)38)20-12-6-4-7-13-20/h4-17H,1-3H3.